The summed E-state index contributed by atoms with van der Waals surface area (Å²) in [5, 5.41) is 0. The Morgan fingerprint density at radius 1 is 1.27 bits per heavy atom. The van der Waals surface area contributed by atoms with E-state index in [9.17, 15) is 4.79 Å². The Balaban J connectivity index is 1.74. The molecule has 0 saturated carbocycles. The van der Waals surface area contributed by atoms with Gasteiger partial charge in [0, 0.05) is 0 Å². The minimum Gasteiger partial charge on any atom is -0.462 e. The van der Waals surface area contributed by atoms with Crippen molar-refractivity contribution in [2.24, 2.45) is 0 Å². The van der Waals surface area contributed by atoms with Crippen molar-refractivity contribution in [2.45, 2.75) is 57.8 Å². The number of carbonyl (C=O) groups is 1. The molecule has 0 aliphatic carbocycles. The summed E-state index contributed by atoms with van der Waals surface area (Å²) in [6, 6.07) is 9.85. The van der Waals surface area contributed by atoms with Crippen molar-refractivity contribution in [3.05, 3.63) is 46.5 Å². The largest absolute Gasteiger partial charge is 0.462 e. The summed E-state index contributed by atoms with van der Waals surface area (Å²) >= 11 is 3.25. The van der Waals surface area contributed by atoms with Gasteiger partial charge in [-0.05, 0) is 48.3 Å². The Labute approximate surface area is 161 Å². The molecule has 0 aromatic heterocycles. The zero-order chi connectivity index (χ0) is 18.7. The van der Waals surface area contributed by atoms with Crippen LogP contribution in [0.3, 0.4) is 0 Å². The number of ether oxygens (including phenoxy) is 5. The molecule has 1 aromatic rings. The quantitative estimate of drug-likeness (QED) is 0.513. The highest BCUT2D eigenvalue weighted by Gasteiger charge is 2.55. The van der Waals surface area contributed by atoms with E-state index >= 15 is 0 Å². The Kier molecular flexibility index (Phi) is 6.14. The smallest absolute Gasteiger partial charge is 0.344 e. The second-order valence-corrected chi connectivity index (χ2v) is 7.42. The maximum Gasteiger partial charge on any atom is 0.344 e. The Bertz CT molecular complexity index is 659. The fourth-order valence-electron chi connectivity index (χ4n) is 3.01. The predicted octanol–water partition coefficient (Wildman–Crippen LogP) is 3.29. The number of benzene rings is 1. The van der Waals surface area contributed by atoms with Crippen LogP contribution < -0.4 is 0 Å². The number of hydrogen-bond donors (Lipinski definition) is 0. The summed E-state index contributed by atoms with van der Waals surface area (Å²) in [5.74, 6) is -1.19. The lowest BCUT2D eigenvalue weighted by Gasteiger charge is -2.24. The number of fused-ring (bicyclic) bond motifs is 1. The second kappa shape index (κ2) is 8.19. The van der Waals surface area contributed by atoms with E-state index in [1.54, 1.807) is 13.0 Å². The van der Waals surface area contributed by atoms with E-state index in [1.807, 2.05) is 44.2 Å². The molecular formula is C19H23BrO6. The first-order valence-electron chi connectivity index (χ1n) is 8.60. The molecule has 2 aliphatic heterocycles. The first-order chi connectivity index (χ1) is 12.4. The minimum atomic E-state index is -0.739. The number of hydrogen-bond acceptors (Lipinski definition) is 6. The molecule has 0 spiro atoms. The third-order valence-electron chi connectivity index (χ3n) is 4.09. The first kappa shape index (κ1) is 19.5. The third-order valence-corrected chi connectivity index (χ3v) is 4.68. The maximum atomic E-state index is 11.9. The molecule has 142 valence electrons. The molecule has 2 saturated heterocycles. The summed E-state index contributed by atoms with van der Waals surface area (Å²) in [5.41, 5.74) is 1.04. The summed E-state index contributed by atoms with van der Waals surface area (Å²) in [6.07, 6.45) is -0.189. The molecule has 2 fully saturated rings. The van der Waals surface area contributed by atoms with Gasteiger partial charge in [-0.15, -0.1) is 0 Å². The summed E-state index contributed by atoms with van der Waals surface area (Å²) in [6.45, 7) is 6.13. The Morgan fingerprint density at radius 2 is 2.00 bits per heavy atom. The van der Waals surface area contributed by atoms with Crippen molar-refractivity contribution in [3.63, 3.8) is 0 Å². The third kappa shape index (κ3) is 4.53. The van der Waals surface area contributed by atoms with E-state index in [0.29, 0.717) is 13.2 Å². The molecule has 26 heavy (non-hydrogen) atoms. The molecule has 6 nitrogen and oxygen atoms in total. The van der Waals surface area contributed by atoms with Crippen molar-refractivity contribution in [1.29, 1.82) is 0 Å². The van der Waals surface area contributed by atoms with Crippen LogP contribution in [0.25, 0.3) is 0 Å². The molecular weight excluding hydrogens is 404 g/mol. The van der Waals surface area contributed by atoms with Gasteiger partial charge in [0.1, 0.15) is 22.8 Å². The van der Waals surface area contributed by atoms with E-state index in [1.165, 1.54) is 0 Å². The molecule has 2 heterocycles. The lowest BCUT2D eigenvalue weighted by molar-refractivity contribution is -0.213. The molecule has 2 aliphatic rings. The van der Waals surface area contributed by atoms with Crippen molar-refractivity contribution in [1.82, 2.24) is 0 Å². The van der Waals surface area contributed by atoms with Gasteiger partial charge in [-0.1, -0.05) is 30.3 Å². The SMILES string of the molecule is CCOC(=O)/C(Br)=C\[C@H]1O[C@@H]2OC(C)(C)O[C@@H]2[C@H]1OCc1ccccc1. The zero-order valence-electron chi connectivity index (χ0n) is 15.0. The Hall–Kier alpha value is -1.25. The van der Waals surface area contributed by atoms with Crippen LogP contribution >= 0.6 is 15.9 Å². The van der Waals surface area contributed by atoms with Crippen LogP contribution in [-0.2, 0) is 35.1 Å². The van der Waals surface area contributed by atoms with Gasteiger partial charge in [-0.2, -0.15) is 0 Å². The van der Waals surface area contributed by atoms with Gasteiger partial charge >= 0.3 is 5.97 Å². The summed E-state index contributed by atoms with van der Waals surface area (Å²) < 4.78 is 29.1. The van der Waals surface area contributed by atoms with Crippen LogP contribution in [0.15, 0.2) is 40.9 Å². The highest BCUT2D eigenvalue weighted by Crippen LogP contribution is 2.39. The molecule has 1 aromatic carbocycles. The van der Waals surface area contributed by atoms with Crippen LogP contribution in [0, 0.1) is 0 Å². The standard InChI is InChI=1S/C19H23BrO6/c1-4-22-17(21)13(20)10-14-15(23-11-12-8-6-5-7-9-12)16-18(24-14)26-19(2,3)25-16/h5-10,14-16,18H,4,11H2,1-3H3/b13-10+/t14-,15+,16-,18-/m1/s1. The van der Waals surface area contributed by atoms with Gasteiger partial charge in [-0.3, -0.25) is 0 Å². The Morgan fingerprint density at radius 3 is 2.69 bits per heavy atom. The van der Waals surface area contributed by atoms with Gasteiger partial charge in [0.25, 0.3) is 0 Å². The maximum absolute atomic E-state index is 11.9. The van der Waals surface area contributed by atoms with Gasteiger partial charge in [-0.25, -0.2) is 4.79 Å². The molecule has 4 atom stereocenters. The van der Waals surface area contributed by atoms with E-state index in [4.69, 9.17) is 23.7 Å². The van der Waals surface area contributed by atoms with Gasteiger partial charge in [0.2, 0.25) is 0 Å². The average Bonchev–Trinajstić information content (AvgIpc) is 3.05. The average molecular weight is 427 g/mol. The van der Waals surface area contributed by atoms with Crippen molar-refractivity contribution < 1.29 is 28.5 Å². The van der Waals surface area contributed by atoms with E-state index in [0.717, 1.165) is 5.56 Å². The highest BCUT2D eigenvalue weighted by molar-refractivity contribution is 9.12. The normalized spacial score (nSPS) is 30.2. The zero-order valence-corrected chi connectivity index (χ0v) is 16.6. The lowest BCUT2D eigenvalue weighted by Crippen LogP contribution is -2.36. The molecule has 0 N–H and O–H groups in total. The first-order valence-corrected chi connectivity index (χ1v) is 9.40. The second-order valence-electron chi connectivity index (χ2n) is 6.57. The number of halogens is 1. The molecule has 0 unspecified atom stereocenters. The lowest BCUT2D eigenvalue weighted by atomic mass is 10.1. The molecule has 0 bridgehead atoms. The van der Waals surface area contributed by atoms with Crippen molar-refractivity contribution in [2.75, 3.05) is 6.61 Å². The minimum absolute atomic E-state index is 0.289. The van der Waals surface area contributed by atoms with Crippen LogP contribution in [0.5, 0.6) is 0 Å². The van der Waals surface area contributed by atoms with Crippen LogP contribution in [-0.4, -0.2) is 43.0 Å². The monoisotopic (exact) mass is 426 g/mol. The van der Waals surface area contributed by atoms with Crippen LogP contribution in [0.1, 0.15) is 26.3 Å². The van der Waals surface area contributed by atoms with Gasteiger partial charge < -0.3 is 23.7 Å². The highest BCUT2D eigenvalue weighted by atomic mass is 79.9. The van der Waals surface area contributed by atoms with Crippen molar-refractivity contribution in [3.8, 4) is 0 Å². The summed E-state index contributed by atoms with van der Waals surface area (Å²) in [4.78, 5) is 11.9. The number of carbonyl (C=O) groups excluding carboxylic acids is 1. The predicted molar refractivity (Wildman–Crippen MR) is 97.4 cm³/mol. The number of esters is 1. The molecule has 7 heteroatoms. The van der Waals surface area contributed by atoms with Crippen LogP contribution in [0.4, 0.5) is 0 Å². The van der Waals surface area contributed by atoms with Crippen molar-refractivity contribution >= 4 is 21.9 Å². The van der Waals surface area contributed by atoms with Gasteiger partial charge in [0.15, 0.2) is 12.1 Å². The topological polar surface area (TPSA) is 63.2 Å². The van der Waals surface area contributed by atoms with Gasteiger partial charge in [0.05, 0.1) is 13.2 Å². The fourth-order valence-corrected chi connectivity index (χ4v) is 3.38. The van der Waals surface area contributed by atoms with E-state index in [-0.39, 0.29) is 10.6 Å². The fraction of sp³-hybridized carbons (Fsp3) is 0.526. The van der Waals surface area contributed by atoms with E-state index in [2.05, 4.69) is 15.9 Å². The number of rotatable bonds is 6. The molecule has 3 rings (SSSR count). The summed E-state index contributed by atoms with van der Waals surface area (Å²) in [7, 11) is 0. The van der Waals surface area contributed by atoms with E-state index < -0.39 is 30.3 Å². The molecule has 0 amide bonds. The molecule has 0 radical (unpaired) electrons. The van der Waals surface area contributed by atoms with Crippen LogP contribution in [0.2, 0.25) is 0 Å².